The van der Waals surface area contributed by atoms with E-state index >= 15 is 0 Å². The van der Waals surface area contributed by atoms with Gasteiger partial charge in [-0.05, 0) is 12.1 Å². The van der Waals surface area contributed by atoms with Crippen molar-refractivity contribution >= 4 is 0 Å². The minimum Gasteiger partial charge on any atom is -0.434 e. The normalized spacial score (nSPS) is 11.7. The standard InChI is InChI=1S/C9H8F5NO2/c10-8(11)16-6-2-1-3-7(5(6)4-15)17-9(12,13)14/h1-3,8H,4,15H2. The van der Waals surface area contributed by atoms with Crippen LogP contribution in [0.1, 0.15) is 5.56 Å². The van der Waals surface area contributed by atoms with Crippen molar-refractivity contribution in [3.63, 3.8) is 0 Å². The molecule has 0 fully saturated rings. The maximum absolute atomic E-state index is 12.0. The van der Waals surface area contributed by atoms with Gasteiger partial charge in [0.25, 0.3) is 0 Å². The quantitative estimate of drug-likeness (QED) is 0.843. The number of alkyl halides is 5. The van der Waals surface area contributed by atoms with Gasteiger partial charge in [-0.1, -0.05) is 6.07 Å². The van der Waals surface area contributed by atoms with Crippen molar-refractivity contribution in [2.45, 2.75) is 19.5 Å². The highest BCUT2D eigenvalue weighted by Crippen LogP contribution is 2.32. The maximum atomic E-state index is 12.0. The molecule has 3 nitrogen and oxygen atoms in total. The molecule has 0 saturated carbocycles. The SMILES string of the molecule is NCc1c(OC(F)F)cccc1OC(F)(F)F. The summed E-state index contributed by atoms with van der Waals surface area (Å²) < 4.78 is 67.6. The average Bonchev–Trinajstić information content (AvgIpc) is 2.14. The second-order valence-electron chi connectivity index (χ2n) is 2.86. The molecule has 0 bridgehead atoms. The Morgan fingerprint density at radius 1 is 1.18 bits per heavy atom. The predicted octanol–water partition coefficient (Wildman–Crippen LogP) is 2.65. The fourth-order valence-corrected chi connectivity index (χ4v) is 1.17. The Hall–Kier alpha value is -1.57. The molecule has 2 N–H and O–H groups in total. The van der Waals surface area contributed by atoms with Crippen LogP contribution in [0, 0.1) is 0 Å². The molecule has 0 aromatic heterocycles. The first-order valence-electron chi connectivity index (χ1n) is 4.36. The van der Waals surface area contributed by atoms with Gasteiger partial charge in [0.1, 0.15) is 11.5 Å². The zero-order chi connectivity index (χ0) is 13.1. The molecule has 0 saturated heterocycles. The fraction of sp³-hybridized carbons (Fsp3) is 0.333. The summed E-state index contributed by atoms with van der Waals surface area (Å²) in [5, 5.41) is 0. The largest absolute Gasteiger partial charge is 0.573 e. The van der Waals surface area contributed by atoms with E-state index in [-0.39, 0.29) is 5.56 Å². The van der Waals surface area contributed by atoms with Gasteiger partial charge in [0.2, 0.25) is 0 Å². The molecule has 0 radical (unpaired) electrons. The first kappa shape index (κ1) is 13.5. The van der Waals surface area contributed by atoms with Gasteiger partial charge in [0.05, 0.1) is 5.56 Å². The van der Waals surface area contributed by atoms with Crippen molar-refractivity contribution in [3.05, 3.63) is 23.8 Å². The van der Waals surface area contributed by atoms with E-state index in [1.807, 2.05) is 0 Å². The number of rotatable bonds is 4. The van der Waals surface area contributed by atoms with Gasteiger partial charge in [0, 0.05) is 6.54 Å². The van der Waals surface area contributed by atoms with Crippen molar-refractivity contribution in [1.82, 2.24) is 0 Å². The highest BCUT2D eigenvalue weighted by Gasteiger charge is 2.32. The summed E-state index contributed by atoms with van der Waals surface area (Å²) in [4.78, 5) is 0. The van der Waals surface area contributed by atoms with Crippen LogP contribution in [0.25, 0.3) is 0 Å². The van der Waals surface area contributed by atoms with E-state index < -0.39 is 31.0 Å². The summed E-state index contributed by atoms with van der Waals surface area (Å²) in [6.45, 7) is -3.57. The lowest BCUT2D eigenvalue weighted by Gasteiger charge is -2.15. The zero-order valence-corrected chi connectivity index (χ0v) is 8.30. The van der Waals surface area contributed by atoms with Crippen molar-refractivity contribution < 1.29 is 31.4 Å². The van der Waals surface area contributed by atoms with Crippen LogP contribution in [-0.2, 0) is 6.54 Å². The lowest BCUT2D eigenvalue weighted by atomic mass is 10.2. The third-order valence-corrected chi connectivity index (χ3v) is 1.74. The van der Waals surface area contributed by atoms with Gasteiger partial charge in [-0.25, -0.2) is 0 Å². The topological polar surface area (TPSA) is 44.5 Å². The molecule has 1 aromatic rings. The molecule has 1 rings (SSSR count). The Bertz CT molecular complexity index is 380. The van der Waals surface area contributed by atoms with Gasteiger partial charge in [-0.3, -0.25) is 0 Å². The van der Waals surface area contributed by atoms with Crippen molar-refractivity contribution in [1.29, 1.82) is 0 Å². The summed E-state index contributed by atoms with van der Waals surface area (Å²) in [6, 6.07) is 3.14. The van der Waals surface area contributed by atoms with E-state index in [4.69, 9.17) is 5.73 Å². The molecule has 17 heavy (non-hydrogen) atoms. The van der Waals surface area contributed by atoms with E-state index in [1.165, 1.54) is 0 Å². The Balaban J connectivity index is 3.05. The third kappa shape index (κ3) is 4.06. The molecule has 0 atom stereocenters. The summed E-state index contributed by atoms with van der Waals surface area (Å²) in [5.74, 6) is -1.09. The van der Waals surface area contributed by atoms with E-state index in [0.717, 1.165) is 18.2 Å². The second-order valence-corrected chi connectivity index (χ2v) is 2.86. The van der Waals surface area contributed by atoms with Crippen molar-refractivity contribution in [2.24, 2.45) is 5.73 Å². The summed E-state index contributed by atoms with van der Waals surface area (Å²) in [5.41, 5.74) is 4.90. The van der Waals surface area contributed by atoms with Crippen LogP contribution in [0.2, 0.25) is 0 Å². The number of hydrogen-bond donors (Lipinski definition) is 1. The summed E-state index contributed by atoms with van der Waals surface area (Å²) >= 11 is 0. The van der Waals surface area contributed by atoms with Crippen LogP contribution in [0.4, 0.5) is 22.0 Å². The van der Waals surface area contributed by atoms with Gasteiger partial charge >= 0.3 is 13.0 Å². The number of halogens is 5. The fourth-order valence-electron chi connectivity index (χ4n) is 1.17. The monoisotopic (exact) mass is 257 g/mol. The molecule has 0 spiro atoms. The Labute approximate surface area is 92.9 Å². The summed E-state index contributed by atoms with van der Waals surface area (Å²) in [6.07, 6.45) is -4.92. The molecule has 0 heterocycles. The molecule has 0 amide bonds. The molecule has 0 aliphatic carbocycles. The minimum atomic E-state index is -4.92. The number of nitrogens with two attached hydrogens (primary N) is 1. The van der Waals surface area contributed by atoms with Crippen LogP contribution < -0.4 is 15.2 Å². The molecular weight excluding hydrogens is 249 g/mol. The first-order chi connectivity index (χ1) is 7.83. The van der Waals surface area contributed by atoms with Crippen LogP contribution in [-0.4, -0.2) is 13.0 Å². The number of hydrogen-bond acceptors (Lipinski definition) is 3. The van der Waals surface area contributed by atoms with Gasteiger partial charge in [-0.15, -0.1) is 13.2 Å². The highest BCUT2D eigenvalue weighted by molar-refractivity contribution is 5.44. The molecule has 0 aliphatic rings. The van der Waals surface area contributed by atoms with Crippen molar-refractivity contribution in [3.8, 4) is 11.5 Å². The van der Waals surface area contributed by atoms with Gasteiger partial charge in [-0.2, -0.15) is 8.78 Å². The van der Waals surface area contributed by atoms with E-state index in [2.05, 4.69) is 9.47 Å². The molecule has 0 unspecified atom stereocenters. The second kappa shape index (κ2) is 5.17. The predicted molar refractivity (Wildman–Crippen MR) is 47.6 cm³/mol. The lowest BCUT2D eigenvalue weighted by Crippen LogP contribution is -2.19. The maximum Gasteiger partial charge on any atom is 0.573 e. The zero-order valence-electron chi connectivity index (χ0n) is 8.30. The Morgan fingerprint density at radius 2 is 1.76 bits per heavy atom. The van der Waals surface area contributed by atoms with Gasteiger partial charge in [0.15, 0.2) is 0 Å². The minimum absolute atomic E-state index is 0.273. The Kier molecular flexibility index (Phi) is 4.11. The first-order valence-corrected chi connectivity index (χ1v) is 4.36. The lowest BCUT2D eigenvalue weighted by molar-refractivity contribution is -0.274. The smallest absolute Gasteiger partial charge is 0.434 e. The Morgan fingerprint density at radius 3 is 2.24 bits per heavy atom. The molecule has 1 aromatic carbocycles. The average molecular weight is 257 g/mol. The molecule has 0 aliphatic heterocycles. The highest BCUT2D eigenvalue weighted by atomic mass is 19.4. The van der Waals surface area contributed by atoms with Crippen molar-refractivity contribution in [2.75, 3.05) is 0 Å². The van der Waals surface area contributed by atoms with Crippen LogP contribution in [0.3, 0.4) is 0 Å². The molecular formula is C9H8F5NO2. The van der Waals surface area contributed by atoms with E-state index in [0.29, 0.717) is 0 Å². The van der Waals surface area contributed by atoms with Crippen LogP contribution in [0.5, 0.6) is 11.5 Å². The van der Waals surface area contributed by atoms with Crippen LogP contribution >= 0.6 is 0 Å². The van der Waals surface area contributed by atoms with Gasteiger partial charge < -0.3 is 15.2 Å². The number of ether oxygens (including phenoxy) is 2. The van der Waals surface area contributed by atoms with Crippen LogP contribution in [0.15, 0.2) is 18.2 Å². The number of benzene rings is 1. The molecule has 96 valence electrons. The van der Waals surface area contributed by atoms with E-state index in [1.54, 1.807) is 0 Å². The third-order valence-electron chi connectivity index (χ3n) is 1.74. The van der Waals surface area contributed by atoms with E-state index in [9.17, 15) is 22.0 Å². The summed E-state index contributed by atoms with van der Waals surface area (Å²) in [7, 11) is 0. The molecule has 8 heteroatoms.